The summed E-state index contributed by atoms with van der Waals surface area (Å²) in [4.78, 5) is 47.5. The highest BCUT2D eigenvalue weighted by atomic mass is 16.7. The van der Waals surface area contributed by atoms with Crippen molar-refractivity contribution < 1.29 is 47.6 Å². The molecule has 0 bridgehead atoms. The van der Waals surface area contributed by atoms with Gasteiger partial charge in [0.15, 0.2) is 11.5 Å². The number of esters is 2. The molecule has 11 heteroatoms. The topological polar surface area (TPSA) is 150 Å². The van der Waals surface area contributed by atoms with Gasteiger partial charge in [0.05, 0.1) is 20.1 Å². The van der Waals surface area contributed by atoms with E-state index >= 15 is 0 Å². The molecule has 0 aliphatic heterocycles. The van der Waals surface area contributed by atoms with Crippen molar-refractivity contribution in [2.45, 2.75) is 59.3 Å². The quantitative estimate of drug-likeness (QED) is 0.297. The molecule has 0 fully saturated rings. The van der Waals surface area contributed by atoms with Gasteiger partial charge in [0.2, 0.25) is 0 Å². The lowest BCUT2D eigenvalue weighted by atomic mass is 9.98. The monoisotopic (exact) mass is 483 g/mol. The summed E-state index contributed by atoms with van der Waals surface area (Å²) in [5.74, 6) is -1.50. The number of hydrogen-bond acceptors (Lipinski definition) is 11. The van der Waals surface area contributed by atoms with E-state index in [0.29, 0.717) is 5.56 Å². The zero-order chi connectivity index (χ0) is 26.0. The highest BCUT2D eigenvalue weighted by Crippen LogP contribution is 2.30. The average Bonchev–Trinajstić information content (AvgIpc) is 2.79. The summed E-state index contributed by atoms with van der Waals surface area (Å²) < 4.78 is 29.5. The summed E-state index contributed by atoms with van der Waals surface area (Å²) in [5.41, 5.74) is 6.47. The van der Waals surface area contributed by atoms with Crippen LogP contribution < -0.4 is 15.2 Å². The Labute approximate surface area is 198 Å². The Hall–Kier alpha value is -3.34. The average molecular weight is 484 g/mol. The number of nitrogens with two attached hydrogens (primary N) is 1. The van der Waals surface area contributed by atoms with E-state index in [1.807, 2.05) is 13.8 Å². The van der Waals surface area contributed by atoms with Crippen molar-refractivity contribution >= 4 is 24.2 Å². The molecule has 1 rings (SSSR count). The van der Waals surface area contributed by atoms with E-state index in [1.54, 1.807) is 20.8 Å². The van der Waals surface area contributed by atoms with E-state index in [0.717, 1.165) is 14.2 Å². The molecule has 0 spiro atoms. The van der Waals surface area contributed by atoms with Gasteiger partial charge in [-0.05, 0) is 43.9 Å². The lowest BCUT2D eigenvalue weighted by molar-refractivity contribution is -0.169. The first-order chi connectivity index (χ1) is 15.9. The molecular formula is C23H33NO10. The van der Waals surface area contributed by atoms with Gasteiger partial charge < -0.3 is 34.2 Å². The summed E-state index contributed by atoms with van der Waals surface area (Å²) in [5, 5.41) is 0. The number of methoxy groups -OCH3 is 2. The maximum atomic E-state index is 12.5. The molecule has 1 aromatic rings. The molecule has 1 aromatic carbocycles. The predicted molar refractivity (Wildman–Crippen MR) is 119 cm³/mol. The molecule has 2 N–H and O–H groups in total. The van der Waals surface area contributed by atoms with Crippen molar-refractivity contribution in [1.29, 1.82) is 0 Å². The molecule has 0 saturated heterocycles. The molecule has 190 valence electrons. The van der Waals surface area contributed by atoms with Gasteiger partial charge in [0.25, 0.3) is 0 Å². The number of rotatable bonds is 10. The Morgan fingerprint density at radius 1 is 0.794 bits per heavy atom. The molecule has 0 amide bonds. The van der Waals surface area contributed by atoms with Crippen LogP contribution in [-0.4, -0.2) is 56.7 Å². The Morgan fingerprint density at radius 2 is 1.29 bits per heavy atom. The third-order valence-corrected chi connectivity index (χ3v) is 5.12. The third-order valence-electron chi connectivity index (χ3n) is 5.12. The van der Waals surface area contributed by atoms with Crippen LogP contribution in [0.4, 0.5) is 9.59 Å². The van der Waals surface area contributed by atoms with Gasteiger partial charge in [-0.25, -0.2) is 9.59 Å². The summed E-state index contributed by atoms with van der Waals surface area (Å²) in [6.45, 7) is 8.82. The largest absolute Gasteiger partial charge is 0.513 e. The van der Waals surface area contributed by atoms with Crippen molar-refractivity contribution in [3.8, 4) is 11.5 Å². The Kier molecular flexibility index (Phi) is 11.3. The van der Waals surface area contributed by atoms with Crippen molar-refractivity contribution in [2.75, 3.05) is 14.2 Å². The van der Waals surface area contributed by atoms with Crippen LogP contribution in [0.1, 0.15) is 40.2 Å². The molecule has 11 nitrogen and oxygen atoms in total. The van der Waals surface area contributed by atoms with E-state index < -0.39 is 36.5 Å². The van der Waals surface area contributed by atoms with Crippen LogP contribution in [0.5, 0.6) is 11.5 Å². The zero-order valence-electron chi connectivity index (χ0n) is 20.5. The van der Waals surface area contributed by atoms with Gasteiger partial charge in [0, 0.05) is 0 Å². The second kappa shape index (κ2) is 13.4. The zero-order valence-corrected chi connectivity index (χ0v) is 20.5. The summed E-state index contributed by atoms with van der Waals surface area (Å²) in [6, 6.07) is 3.17. The fourth-order valence-corrected chi connectivity index (χ4v) is 2.47. The molecule has 0 aliphatic rings. The highest BCUT2D eigenvalue weighted by Gasteiger charge is 2.27. The summed E-state index contributed by atoms with van der Waals surface area (Å²) in [7, 11) is 2.23. The van der Waals surface area contributed by atoms with E-state index in [-0.39, 0.29) is 35.7 Å². The first-order valence-corrected chi connectivity index (χ1v) is 10.7. The molecule has 0 aromatic heterocycles. The fraction of sp³-hybridized carbons (Fsp3) is 0.565. The second-order valence-corrected chi connectivity index (χ2v) is 8.02. The maximum absolute atomic E-state index is 12.5. The van der Waals surface area contributed by atoms with E-state index in [2.05, 4.69) is 9.47 Å². The van der Waals surface area contributed by atoms with Crippen LogP contribution in [0.25, 0.3) is 0 Å². The van der Waals surface area contributed by atoms with Crippen LogP contribution >= 0.6 is 0 Å². The lowest BCUT2D eigenvalue weighted by Gasteiger charge is -2.24. The normalized spacial score (nSPS) is 14.3. The van der Waals surface area contributed by atoms with Gasteiger partial charge >= 0.3 is 24.2 Å². The Morgan fingerprint density at radius 3 is 1.79 bits per heavy atom. The van der Waals surface area contributed by atoms with E-state index in [9.17, 15) is 19.2 Å². The second-order valence-electron chi connectivity index (χ2n) is 8.02. The van der Waals surface area contributed by atoms with Crippen molar-refractivity contribution in [3.63, 3.8) is 0 Å². The minimum absolute atomic E-state index is 0.0140. The fourth-order valence-electron chi connectivity index (χ4n) is 2.47. The molecule has 1 unspecified atom stereocenters. The van der Waals surface area contributed by atoms with Crippen LogP contribution in [0.3, 0.4) is 0 Å². The van der Waals surface area contributed by atoms with Crippen molar-refractivity contribution in [2.24, 2.45) is 17.6 Å². The Bertz CT molecular complexity index is 869. The first-order valence-electron chi connectivity index (χ1n) is 10.7. The van der Waals surface area contributed by atoms with Crippen LogP contribution in [0.2, 0.25) is 0 Å². The van der Waals surface area contributed by atoms with Gasteiger partial charge in [0.1, 0.15) is 18.2 Å². The van der Waals surface area contributed by atoms with E-state index in [1.165, 1.54) is 18.2 Å². The van der Waals surface area contributed by atoms with Crippen molar-refractivity contribution in [1.82, 2.24) is 0 Å². The lowest BCUT2D eigenvalue weighted by Crippen LogP contribution is -2.40. The standard InChI is InChI=1S/C23H33NO10/c1-12(2)13(3)20(25)31-14(4)15(5)32-21(26)17(24)10-16-8-9-18(33-22(27)29-6)19(11-16)34-23(28)30-7/h8-9,11-15,17H,10,24H2,1-7H3/t13?,14-,15-,17-/m0/s1. The molecule has 4 atom stereocenters. The molecule has 0 heterocycles. The van der Waals surface area contributed by atoms with Gasteiger partial charge in [-0.3, -0.25) is 9.59 Å². The number of hydrogen-bond donors (Lipinski definition) is 1. The highest BCUT2D eigenvalue weighted by molar-refractivity contribution is 5.76. The maximum Gasteiger partial charge on any atom is 0.513 e. The number of benzene rings is 1. The molecule has 0 radical (unpaired) electrons. The van der Waals surface area contributed by atoms with Gasteiger partial charge in [-0.1, -0.05) is 26.8 Å². The van der Waals surface area contributed by atoms with Crippen LogP contribution in [0, 0.1) is 11.8 Å². The summed E-state index contributed by atoms with van der Waals surface area (Å²) in [6.07, 6.45) is -3.44. The van der Waals surface area contributed by atoms with Crippen molar-refractivity contribution in [3.05, 3.63) is 23.8 Å². The minimum Gasteiger partial charge on any atom is -0.459 e. The molecule has 0 aliphatic carbocycles. The summed E-state index contributed by atoms with van der Waals surface area (Å²) >= 11 is 0. The van der Waals surface area contributed by atoms with Gasteiger partial charge in [-0.15, -0.1) is 0 Å². The molecular weight excluding hydrogens is 450 g/mol. The number of carbonyl (C=O) groups is 4. The van der Waals surface area contributed by atoms with Crippen LogP contribution in [0.15, 0.2) is 18.2 Å². The number of ether oxygens (including phenoxy) is 6. The third kappa shape index (κ3) is 8.89. The molecule has 34 heavy (non-hydrogen) atoms. The molecule has 0 saturated carbocycles. The SMILES string of the molecule is COC(=O)Oc1ccc(C[C@H](N)C(=O)O[C@@H](C)[C@H](C)OC(=O)C(C)C(C)C)cc1OC(=O)OC. The number of carbonyl (C=O) groups excluding carboxylic acids is 4. The predicted octanol–water partition coefficient (Wildman–Crippen LogP) is 3.00. The Balaban J connectivity index is 2.83. The smallest absolute Gasteiger partial charge is 0.459 e. The minimum atomic E-state index is -1.07. The van der Waals surface area contributed by atoms with Gasteiger partial charge in [-0.2, -0.15) is 0 Å². The first kappa shape index (κ1) is 28.7. The van der Waals surface area contributed by atoms with Crippen LogP contribution in [-0.2, 0) is 35.0 Å². The van der Waals surface area contributed by atoms with E-state index in [4.69, 9.17) is 24.7 Å².